The molecule has 0 bridgehead atoms. The van der Waals surface area contributed by atoms with Crippen molar-refractivity contribution in [2.45, 2.75) is 26.4 Å². The average Bonchev–Trinajstić information content (AvgIpc) is 1.69. The van der Waals surface area contributed by atoms with Gasteiger partial charge >= 0.3 is 0 Å². The van der Waals surface area contributed by atoms with Crippen molar-refractivity contribution >= 4 is 0 Å². The van der Waals surface area contributed by atoms with Gasteiger partial charge in [-0.15, -0.1) is 0 Å². The zero-order chi connectivity index (χ0) is 6.57. The number of rotatable bonds is 3. The smallest absolute Gasteiger partial charge is 0.0552 e. The molecule has 2 atom stereocenters. The zero-order valence-electron chi connectivity index (χ0n) is 5.59. The van der Waals surface area contributed by atoms with Crippen LogP contribution in [0, 0.1) is 5.92 Å². The fraction of sp³-hybridized carbons (Fsp3) is 1.00. The average molecular weight is 117 g/mol. The molecular weight excluding hydrogens is 102 g/mol. The van der Waals surface area contributed by atoms with Crippen LogP contribution in [-0.4, -0.2) is 17.8 Å². The Kier molecular flexibility index (Phi) is 3.83. The topological polar surface area (TPSA) is 46.2 Å². The quantitative estimate of drug-likeness (QED) is 0.560. The molecule has 0 radical (unpaired) electrons. The van der Waals surface area contributed by atoms with E-state index in [4.69, 9.17) is 10.8 Å². The van der Waals surface area contributed by atoms with Gasteiger partial charge in [0.05, 0.1) is 6.10 Å². The third kappa shape index (κ3) is 2.28. The molecule has 2 heteroatoms. The number of hydrogen-bond donors (Lipinski definition) is 2. The highest BCUT2D eigenvalue weighted by atomic mass is 16.3. The molecule has 0 aromatic carbocycles. The summed E-state index contributed by atoms with van der Waals surface area (Å²) in [5.74, 6) is 0.287. The molecule has 1 unspecified atom stereocenters. The minimum Gasteiger partial charge on any atom is -0.393 e. The maximum atomic E-state index is 8.93. The van der Waals surface area contributed by atoms with E-state index in [2.05, 4.69) is 0 Å². The van der Waals surface area contributed by atoms with E-state index in [1.54, 1.807) is 6.92 Å². The van der Waals surface area contributed by atoms with E-state index >= 15 is 0 Å². The first-order valence-corrected chi connectivity index (χ1v) is 3.10. The Morgan fingerprint density at radius 1 is 1.62 bits per heavy atom. The highest BCUT2D eigenvalue weighted by Crippen LogP contribution is 2.04. The SMILES string of the molecule is CC[C@@H](CN)C(C)O. The van der Waals surface area contributed by atoms with Gasteiger partial charge in [-0.05, 0) is 25.8 Å². The number of nitrogens with two attached hydrogens (primary N) is 1. The van der Waals surface area contributed by atoms with Crippen LogP contribution in [0.5, 0.6) is 0 Å². The lowest BCUT2D eigenvalue weighted by molar-refractivity contribution is 0.127. The first kappa shape index (κ1) is 7.92. The summed E-state index contributed by atoms with van der Waals surface area (Å²) >= 11 is 0. The number of aliphatic hydroxyl groups excluding tert-OH is 1. The molecule has 0 saturated heterocycles. The van der Waals surface area contributed by atoms with Gasteiger partial charge < -0.3 is 10.8 Å². The molecule has 3 N–H and O–H groups in total. The molecule has 0 heterocycles. The molecule has 0 rings (SSSR count). The fourth-order valence-corrected chi connectivity index (χ4v) is 0.705. The number of hydrogen-bond acceptors (Lipinski definition) is 2. The third-order valence-electron chi connectivity index (χ3n) is 1.51. The highest BCUT2D eigenvalue weighted by molar-refractivity contribution is 4.62. The summed E-state index contributed by atoms with van der Waals surface area (Å²) in [4.78, 5) is 0. The van der Waals surface area contributed by atoms with E-state index in [0.29, 0.717) is 6.54 Å². The van der Waals surface area contributed by atoms with Crippen molar-refractivity contribution in [1.29, 1.82) is 0 Å². The Bertz CT molecular complexity index is 50.5. The van der Waals surface area contributed by atoms with Gasteiger partial charge in [0.2, 0.25) is 0 Å². The van der Waals surface area contributed by atoms with Gasteiger partial charge in [0.25, 0.3) is 0 Å². The van der Waals surface area contributed by atoms with E-state index in [1.165, 1.54) is 0 Å². The van der Waals surface area contributed by atoms with Crippen LogP contribution >= 0.6 is 0 Å². The lowest BCUT2D eigenvalue weighted by atomic mass is 10.0. The standard InChI is InChI=1S/C6H15NO/c1-3-6(4-7)5(2)8/h5-6,8H,3-4,7H2,1-2H3/t5?,6-/m0/s1. The maximum Gasteiger partial charge on any atom is 0.0552 e. The molecule has 50 valence electrons. The van der Waals surface area contributed by atoms with E-state index in [1.807, 2.05) is 6.92 Å². The van der Waals surface area contributed by atoms with E-state index in [0.717, 1.165) is 6.42 Å². The van der Waals surface area contributed by atoms with Crippen LogP contribution in [-0.2, 0) is 0 Å². The largest absolute Gasteiger partial charge is 0.393 e. The van der Waals surface area contributed by atoms with Gasteiger partial charge in [-0.2, -0.15) is 0 Å². The minimum atomic E-state index is -0.245. The summed E-state index contributed by atoms with van der Waals surface area (Å²) in [6, 6.07) is 0. The highest BCUT2D eigenvalue weighted by Gasteiger charge is 2.08. The van der Waals surface area contributed by atoms with Crippen molar-refractivity contribution < 1.29 is 5.11 Å². The number of aliphatic hydroxyl groups is 1. The third-order valence-corrected chi connectivity index (χ3v) is 1.51. The molecule has 0 aliphatic heterocycles. The Morgan fingerprint density at radius 2 is 2.12 bits per heavy atom. The van der Waals surface area contributed by atoms with Crippen LogP contribution < -0.4 is 5.73 Å². The van der Waals surface area contributed by atoms with Crippen LogP contribution in [0.4, 0.5) is 0 Å². The van der Waals surface area contributed by atoms with Gasteiger partial charge in [0.1, 0.15) is 0 Å². The Balaban J connectivity index is 3.35. The van der Waals surface area contributed by atoms with E-state index in [9.17, 15) is 0 Å². The summed E-state index contributed by atoms with van der Waals surface area (Å²) in [6.45, 7) is 4.40. The molecule has 0 saturated carbocycles. The lowest BCUT2D eigenvalue weighted by Gasteiger charge is -2.14. The van der Waals surface area contributed by atoms with Crippen molar-refractivity contribution in [1.82, 2.24) is 0 Å². The summed E-state index contributed by atoms with van der Waals surface area (Å²) < 4.78 is 0. The molecule has 0 fully saturated rings. The Hall–Kier alpha value is -0.0800. The Labute approximate surface area is 50.7 Å². The van der Waals surface area contributed by atoms with Gasteiger partial charge in [0.15, 0.2) is 0 Å². The molecule has 8 heavy (non-hydrogen) atoms. The van der Waals surface area contributed by atoms with Crippen molar-refractivity contribution in [3.05, 3.63) is 0 Å². The van der Waals surface area contributed by atoms with Crippen molar-refractivity contribution in [2.24, 2.45) is 11.7 Å². The van der Waals surface area contributed by atoms with Crippen LogP contribution in [0.2, 0.25) is 0 Å². The second kappa shape index (κ2) is 3.87. The summed E-state index contributed by atoms with van der Waals surface area (Å²) in [5.41, 5.74) is 5.32. The summed E-state index contributed by atoms with van der Waals surface area (Å²) in [6.07, 6.45) is 0.721. The lowest BCUT2D eigenvalue weighted by Crippen LogP contribution is -2.24. The van der Waals surface area contributed by atoms with Crippen molar-refractivity contribution in [3.8, 4) is 0 Å². The van der Waals surface area contributed by atoms with Crippen LogP contribution in [0.3, 0.4) is 0 Å². The molecule has 0 aliphatic rings. The maximum absolute atomic E-state index is 8.93. The molecule has 0 amide bonds. The summed E-state index contributed by atoms with van der Waals surface area (Å²) in [7, 11) is 0. The van der Waals surface area contributed by atoms with Gasteiger partial charge in [-0.1, -0.05) is 6.92 Å². The normalized spacial score (nSPS) is 18.0. The molecule has 0 aromatic heterocycles. The van der Waals surface area contributed by atoms with Gasteiger partial charge in [-0.25, -0.2) is 0 Å². The van der Waals surface area contributed by atoms with E-state index in [-0.39, 0.29) is 12.0 Å². The monoisotopic (exact) mass is 117 g/mol. The second-order valence-corrected chi connectivity index (χ2v) is 2.14. The first-order valence-electron chi connectivity index (χ1n) is 3.10. The van der Waals surface area contributed by atoms with Crippen LogP contribution in [0.1, 0.15) is 20.3 Å². The second-order valence-electron chi connectivity index (χ2n) is 2.14. The van der Waals surface area contributed by atoms with Gasteiger partial charge in [-0.3, -0.25) is 0 Å². The van der Waals surface area contributed by atoms with Crippen LogP contribution in [0.25, 0.3) is 0 Å². The predicted octanol–water partition coefficient (Wildman–Crippen LogP) is 0.352. The molecule has 0 spiro atoms. The Morgan fingerprint density at radius 3 is 2.12 bits per heavy atom. The van der Waals surface area contributed by atoms with Crippen LogP contribution in [0.15, 0.2) is 0 Å². The van der Waals surface area contributed by atoms with Crippen molar-refractivity contribution in [2.75, 3.05) is 6.54 Å². The molecule has 0 aromatic rings. The predicted molar refractivity (Wildman–Crippen MR) is 34.5 cm³/mol. The fourth-order valence-electron chi connectivity index (χ4n) is 0.705. The molecule has 2 nitrogen and oxygen atoms in total. The van der Waals surface area contributed by atoms with Crippen molar-refractivity contribution in [3.63, 3.8) is 0 Å². The first-order chi connectivity index (χ1) is 3.72. The van der Waals surface area contributed by atoms with E-state index < -0.39 is 0 Å². The molecular formula is C6H15NO. The van der Waals surface area contributed by atoms with Gasteiger partial charge in [0, 0.05) is 0 Å². The minimum absolute atomic E-state index is 0.245. The molecule has 0 aliphatic carbocycles. The zero-order valence-corrected chi connectivity index (χ0v) is 5.59. The summed E-state index contributed by atoms with van der Waals surface area (Å²) in [5, 5.41) is 8.93.